The third-order valence-electron chi connectivity index (χ3n) is 5.78. The minimum absolute atomic E-state index is 0.414. The van der Waals surface area contributed by atoms with E-state index < -0.39 is 81.1 Å². The summed E-state index contributed by atoms with van der Waals surface area (Å²) in [7, 11) is 0. The highest BCUT2D eigenvalue weighted by molar-refractivity contribution is 5.60. The molecule has 0 unspecified atom stereocenters. The molecule has 0 bridgehead atoms. The number of pyridine rings is 3. The van der Waals surface area contributed by atoms with Crippen molar-refractivity contribution in [3.63, 3.8) is 0 Å². The van der Waals surface area contributed by atoms with Crippen LogP contribution in [0, 0.1) is 11.9 Å². The zero-order valence-corrected chi connectivity index (χ0v) is 20.0. The van der Waals surface area contributed by atoms with Gasteiger partial charge < -0.3 is 0 Å². The monoisotopic (exact) mass is 581 g/mol. The minimum atomic E-state index is -5.04. The summed E-state index contributed by atoms with van der Waals surface area (Å²) in [6, 6.07) is 3.83. The molecule has 0 saturated carbocycles. The predicted molar refractivity (Wildman–Crippen MR) is 116 cm³/mol. The normalized spacial score (nSPS) is 13.1. The lowest BCUT2D eigenvalue weighted by molar-refractivity contribution is -0.141. The lowest BCUT2D eigenvalue weighted by Gasteiger charge is -2.27. The predicted octanol–water partition coefficient (Wildman–Crippen LogP) is 7.38. The molecule has 5 nitrogen and oxygen atoms in total. The molecule has 0 aliphatic carbocycles. The molecule has 0 atom stereocenters. The Morgan fingerprint density at radius 2 is 1.20 bits per heavy atom. The number of alkyl halides is 9. The van der Waals surface area contributed by atoms with Crippen molar-refractivity contribution in [3.8, 4) is 17.1 Å². The molecule has 0 radical (unpaired) electrons. The van der Waals surface area contributed by atoms with E-state index in [4.69, 9.17) is 0 Å². The molecule has 40 heavy (non-hydrogen) atoms. The summed E-state index contributed by atoms with van der Waals surface area (Å²) in [6.45, 7) is 2.32. The topological polar surface area (TPSA) is 56.5 Å². The molecule has 212 valence electrons. The van der Waals surface area contributed by atoms with E-state index in [0.717, 1.165) is 19.9 Å². The summed E-state index contributed by atoms with van der Waals surface area (Å²) in [5, 5.41) is 3.21. The van der Waals surface area contributed by atoms with Crippen LogP contribution >= 0.6 is 0 Å². The molecule has 4 aromatic heterocycles. The molecule has 0 aliphatic heterocycles. The summed E-state index contributed by atoms with van der Waals surface area (Å²) in [4.78, 5) is 10.9. The highest BCUT2D eigenvalue weighted by Gasteiger charge is 2.39. The first-order chi connectivity index (χ1) is 18.3. The standard InChI is InChI=1S/C24H14F11N5/c1-21(2,16-8-11(22(27,28)29)7-14(36-16)13-3-4-18(25)38-20(13)26)17-9-12(23(30,31)32)10-19(37-17)40-6-5-15(39-40)24(33,34)35/h3-10H,1-2H3. The van der Waals surface area contributed by atoms with Crippen LogP contribution in [0.5, 0.6) is 0 Å². The van der Waals surface area contributed by atoms with Gasteiger partial charge in [-0.3, -0.25) is 4.98 Å². The van der Waals surface area contributed by atoms with Gasteiger partial charge in [-0.05, 0) is 56.3 Å². The van der Waals surface area contributed by atoms with Crippen LogP contribution in [0.3, 0.4) is 0 Å². The van der Waals surface area contributed by atoms with Crippen molar-refractivity contribution in [2.45, 2.75) is 37.8 Å². The van der Waals surface area contributed by atoms with Gasteiger partial charge in [-0.2, -0.15) is 58.4 Å². The van der Waals surface area contributed by atoms with Gasteiger partial charge >= 0.3 is 18.5 Å². The lowest BCUT2D eigenvalue weighted by Crippen LogP contribution is -2.25. The van der Waals surface area contributed by atoms with E-state index in [0.29, 0.717) is 47.3 Å². The lowest BCUT2D eigenvalue weighted by atomic mass is 9.83. The number of nitrogens with zero attached hydrogens (tertiary/aromatic N) is 5. The van der Waals surface area contributed by atoms with Crippen LogP contribution in [-0.4, -0.2) is 24.7 Å². The van der Waals surface area contributed by atoms with Crippen LogP contribution in [0.4, 0.5) is 48.3 Å². The molecule has 0 N–H and O–H groups in total. The zero-order chi connectivity index (χ0) is 29.8. The summed E-state index contributed by atoms with van der Waals surface area (Å²) in [5.74, 6) is -3.47. The van der Waals surface area contributed by atoms with Gasteiger partial charge in [-0.15, -0.1) is 0 Å². The molecule has 0 aromatic carbocycles. The minimum Gasteiger partial charge on any atom is -0.252 e. The molecule has 16 heteroatoms. The van der Waals surface area contributed by atoms with Gasteiger partial charge in [-0.25, -0.2) is 9.67 Å². The molecule has 0 fully saturated rings. The Labute approximate surface area is 217 Å². The van der Waals surface area contributed by atoms with Crippen molar-refractivity contribution in [2.24, 2.45) is 0 Å². The van der Waals surface area contributed by atoms with Gasteiger partial charge in [-0.1, -0.05) is 0 Å². The van der Waals surface area contributed by atoms with Crippen molar-refractivity contribution >= 4 is 0 Å². The van der Waals surface area contributed by atoms with Gasteiger partial charge in [0.25, 0.3) is 0 Å². The fraction of sp³-hybridized carbons (Fsp3) is 0.250. The quantitative estimate of drug-likeness (QED) is 0.186. The highest BCUT2D eigenvalue weighted by Crippen LogP contribution is 2.39. The Bertz CT molecular complexity index is 1570. The molecule has 0 spiro atoms. The zero-order valence-electron chi connectivity index (χ0n) is 20.0. The smallest absolute Gasteiger partial charge is 0.252 e. The summed E-state index contributed by atoms with van der Waals surface area (Å²) in [6.07, 6.45) is -14.3. The second-order valence-corrected chi connectivity index (χ2v) is 8.96. The van der Waals surface area contributed by atoms with E-state index in [2.05, 4.69) is 20.1 Å². The van der Waals surface area contributed by atoms with Crippen LogP contribution in [0.2, 0.25) is 0 Å². The van der Waals surface area contributed by atoms with Crippen LogP contribution in [0.25, 0.3) is 17.1 Å². The van der Waals surface area contributed by atoms with E-state index >= 15 is 0 Å². The van der Waals surface area contributed by atoms with E-state index in [1.807, 2.05) is 0 Å². The molecule has 4 aromatic rings. The van der Waals surface area contributed by atoms with Gasteiger partial charge in [0.1, 0.15) is 0 Å². The molecule has 4 rings (SSSR count). The van der Waals surface area contributed by atoms with Crippen LogP contribution < -0.4 is 0 Å². The van der Waals surface area contributed by atoms with Crippen molar-refractivity contribution in [1.29, 1.82) is 0 Å². The van der Waals surface area contributed by atoms with E-state index in [9.17, 15) is 48.3 Å². The SMILES string of the molecule is CC(C)(c1cc(C(F)(F)F)cc(-c2ccc(F)nc2F)n1)c1cc(C(F)(F)F)cc(-n2ccc(C(F)(F)F)n2)n1. The van der Waals surface area contributed by atoms with Gasteiger partial charge in [0.2, 0.25) is 11.9 Å². The maximum atomic E-state index is 14.3. The third-order valence-corrected chi connectivity index (χ3v) is 5.78. The number of rotatable bonds is 4. The largest absolute Gasteiger partial charge is 0.435 e. The average Bonchev–Trinajstić information content (AvgIpc) is 3.34. The first-order valence-corrected chi connectivity index (χ1v) is 10.9. The molecular weight excluding hydrogens is 567 g/mol. The highest BCUT2D eigenvalue weighted by atomic mass is 19.4. The Balaban J connectivity index is 1.94. The maximum absolute atomic E-state index is 14.3. The van der Waals surface area contributed by atoms with Crippen molar-refractivity contribution in [2.75, 3.05) is 0 Å². The second-order valence-electron chi connectivity index (χ2n) is 8.96. The first kappa shape index (κ1) is 28.9. The van der Waals surface area contributed by atoms with Crippen LogP contribution in [0.15, 0.2) is 48.7 Å². The van der Waals surface area contributed by atoms with E-state index in [1.54, 1.807) is 0 Å². The van der Waals surface area contributed by atoms with Crippen molar-refractivity contribution in [3.05, 3.63) is 88.8 Å². The van der Waals surface area contributed by atoms with Gasteiger partial charge in [0.15, 0.2) is 11.5 Å². The molecule has 4 heterocycles. The van der Waals surface area contributed by atoms with Gasteiger partial charge in [0, 0.05) is 11.6 Å². The number of halogens is 11. The second kappa shape index (κ2) is 9.52. The number of hydrogen-bond donors (Lipinski definition) is 0. The molecule has 0 saturated heterocycles. The molecule has 0 aliphatic rings. The van der Waals surface area contributed by atoms with Gasteiger partial charge in [0.05, 0.1) is 33.8 Å². The number of hydrogen-bond acceptors (Lipinski definition) is 4. The van der Waals surface area contributed by atoms with Crippen LogP contribution in [0.1, 0.15) is 42.1 Å². The average molecular weight is 581 g/mol. The fourth-order valence-corrected chi connectivity index (χ4v) is 3.61. The Hall–Kier alpha value is -4.11. The molecular formula is C24H14F11N5. The summed E-state index contributed by atoms with van der Waals surface area (Å²) < 4.78 is 150. The Kier molecular flexibility index (Phi) is 6.87. The van der Waals surface area contributed by atoms with E-state index in [-0.39, 0.29) is 0 Å². The van der Waals surface area contributed by atoms with Crippen molar-refractivity contribution < 1.29 is 48.3 Å². The van der Waals surface area contributed by atoms with Crippen molar-refractivity contribution in [1.82, 2.24) is 24.7 Å². The first-order valence-electron chi connectivity index (χ1n) is 10.9. The van der Waals surface area contributed by atoms with E-state index in [1.165, 1.54) is 0 Å². The number of aromatic nitrogens is 5. The summed E-state index contributed by atoms with van der Waals surface area (Å²) in [5.41, 5.74) is -8.41. The van der Waals surface area contributed by atoms with Crippen LogP contribution in [-0.2, 0) is 23.9 Å². The maximum Gasteiger partial charge on any atom is 0.435 e. The Morgan fingerprint density at radius 1 is 0.625 bits per heavy atom. The molecule has 0 amide bonds. The summed E-state index contributed by atoms with van der Waals surface area (Å²) >= 11 is 0. The third kappa shape index (κ3) is 5.74. The Morgan fingerprint density at radius 3 is 1.73 bits per heavy atom. The fourth-order valence-electron chi connectivity index (χ4n) is 3.61.